The van der Waals surface area contributed by atoms with Crippen LogP contribution in [0.1, 0.15) is 32.1 Å². The van der Waals surface area contributed by atoms with Crippen LogP contribution in [0.25, 0.3) is 0 Å². The van der Waals surface area contributed by atoms with Crippen molar-refractivity contribution in [2.24, 2.45) is 5.92 Å². The van der Waals surface area contributed by atoms with Crippen LogP contribution in [0.4, 0.5) is 4.79 Å². The van der Waals surface area contributed by atoms with Crippen molar-refractivity contribution >= 4 is 12.0 Å². The van der Waals surface area contributed by atoms with Crippen molar-refractivity contribution in [2.75, 3.05) is 13.1 Å². The second-order valence-electron chi connectivity index (χ2n) is 4.73. The molecule has 2 amide bonds. The van der Waals surface area contributed by atoms with Gasteiger partial charge >= 0.3 is 6.09 Å². The molecule has 0 aromatic rings. The second kappa shape index (κ2) is 4.72. The van der Waals surface area contributed by atoms with E-state index in [1.165, 1.54) is 12.8 Å². The second-order valence-corrected chi connectivity index (χ2v) is 4.73. The van der Waals surface area contributed by atoms with Gasteiger partial charge in [0, 0.05) is 13.1 Å². The summed E-state index contributed by atoms with van der Waals surface area (Å²) in [6.07, 6.45) is 3.84. The zero-order valence-electron chi connectivity index (χ0n) is 9.32. The fourth-order valence-corrected chi connectivity index (χ4v) is 2.18. The predicted molar refractivity (Wildman–Crippen MR) is 58.1 cm³/mol. The standard InChI is InChI=1S/C11H18N2O3/c14-10-9(12-11(15)16)3-1-2-6-13(10)7-8-4-5-8/h8-9,12H,1-7H2,(H,15,16)/t9-/m1/s1. The fourth-order valence-electron chi connectivity index (χ4n) is 2.18. The highest BCUT2D eigenvalue weighted by Gasteiger charge is 2.32. The van der Waals surface area contributed by atoms with E-state index in [4.69, 9.17) is 5.11 Å². The largest absolute Gasteiger partial charge is 0.465 e. The van der Waals surface area contributed by atoms with Crippen LogP contribution in [-0.4, -0.2) is 41.1 Å². The van der Waals surface area contributed by atoms with Gasteiger partial charge in [-0.25, -0.2) is 4.79 Å². The number of likely N-dealkylation sites (tertiary alicyclic amines) is 1. The van der Waals surface area contributed by atoms with Gasteiger partial charge in [-0.2, -0.15) is 0 Å². The SMILES string of the molecule is O=C(O)N[C@@H]1CCCCN(CC2CC2)C1=O. The Morgan fingerprint density at radius 1 is 1.38 bits per heavy atom. The van der Waals surface area contributed by atoms with E-state index in [0.29, 0.717) is 12.3 Å². The van der Waals surface area contributed by atoms with Gasteiger partial charge in [-0.1, -0.05) is 0 Å². The van der Waals surface area contributed by atoms with Crippen LogP contribution >= 0.6 is 0 Å². The number of carbonyl (C=O) groups excluding carboxylic acids is 1. The lowest BCUT2D eigenvalue weighted by atomic mass is 10.1. The summed E-state index contributed by atoms with van der Waals surface area (Å²) in [5.74, 6) is 0.624. The van der Waals surface area contributed by atoms with Gasteiger partial charge in [0.2, 0.25) is 5.91 Å². The summed E-state index contributed by atoms with van der Waals surface area (Å²) < 4.78 is 0. The molecule has 0 unspecified atom stereocenters. The Labute approximate surface area is 94.8 Å². The van der Waals surface area contributed by atoms with Crippen molar-refractivity contribution in [3.8, 4) is 0 Å². The molecule has 90 valence electrons. The Kier molecular flexibility index (Phi) is 3.31. The average molecular weight is 226 g/mol. The number of rotatable bonds is 3. The van der Waals surface area contributed by atoms with E-state index in [-0.39, 0.29) is 5.91 Å². The van der Waals surface area contributed by atoms with Gasteiger partial charge < -0.3 is 15.3 Å². The molecule has 1 aliphatic carbocycles. The number of nitrogens with one attached hydrogen (secondary N) is 1. The first-order valence-corrected chi connectivity index (χ1v) is 5.95. The smallest absolute Gasteiger partial charge is 0.405 e. The Morgan fingerprint density at radius 3 is 2.75 bits per heavy atom. The minimum Gasteiger partial charge on any atom is -0.465 e. The van der Waals surface area contributed by atoms with Crippen LogP contribution in [0.15, 0.2) is 0 Å². The quantitative estimate of drug-likeness (QED) is 0.755. The van der Waals surface area contributed by atoms with Crippen molar-refractivity contribution in [1.29, 1.82) is 0 Å². The first-order valence-electron chi connectivity index (χ1n) is 5.95. The highest BCUT2D eigenvalue weighted by molar-refractivity contribution is 5.85. The van der Waals surface area contributed by atoms with Crippen molar-refractivity contribution in [3.63, 3.8) is 0 Å². The number of carbonyl (C=O) groups is 2. The van der Waals surface area contributed by atoms with Gasteiger partial charge in [0.15, 0.2) is 0 Å². The third-order valence-corrected chi connectivity index (χ3v) is 3.25. The van der Waals surface area contributed by atoms with Gasteiger partial charge in [0.1, 0.15) is 6.04 Å². The molecular weight excluding hydrogens is 208 g/mol. The molecule has 0 bridgehead atoms. The molecule has 1 saturated carbocycles. The maximum absolute atomic E-state index is 12.0. The van der Waals surface area contributed by atoms with E-state index >= 15 is 0 Å². The van der Waals surface area contributed by atoms with Gasteiger partial charge in [0.05, 0.1) is 0 Å². The normalized spacial score (nSPS) is 26.4. The van der Waals surface area contributed by atoms with Crippen molar-refractivity contribution in [2.45, 2.75) is 38.1 Å². The molecule has 1 atom stereocenters. The van der Waals surface area contributed by atoms with Crippen LogP contribution in [0.2, 0.25) is 0 Å². The minimum atomic E-state index is -1.10. The fraction of sp³-hybridized carbons (Fsp3) is 0.818. The summed E-state index contributed by atoms with van der Waals surface area (Å²) >= 11 is 0. The molecular formula is C11H18N2O3. The number of amides is 2. The Morgan fingerprint density at radius 2 is 2.12 bits per heavy atom. The topological polar surface area (TPSA) is 69.6 Å². The van der Waals surface area contributed by atoms with E-state index < -0.39 is 12.1 Å². The molecule has 0 aromatic heterocycles. The van der Waals surface area contributed by atoms with Crippen LogP contribution in [-0.2, 0) is 4.79 Å². The van der Waals surface area contributed by atoms with E-state index in [9.17, 15) is 9.59 Å². The van der Waals surface area contributed by atoms with Gasteiger partial charge in [-0.05, 0) is 38.0 Å². The van der Waals surface area contributed by atoms with E-state index in [2.05, 4.69) is 5.32 Å². The third kappa shape index (κ3) is 2.87. The zero-order valence-corrected chi connectivity index (χ0v) is 9.32. The number of hydrogen-bond acceptors (Lipinski definition) is 2. The highest BCUT2D eigenvalue weighted by atomic mass is 16.4. The number of carboxylic acid groups (broad SMARTS) is 1. The molecule has 1 saturated heterocycles. The molecule has 16 heavy (non-hydrogen) atoms. The zero-order chi connectivity index (χ0) is 11.5. The Balaban J connectivity index is 1.95. The molecule has 2 fully saturated rings. The van der Waals surface area contributed by atoms with Crippen molar-refractivity contribution in [1.82, 2.24) is 10.2 Å². The van der Waals surface area contributed by atoms with E-state index in [0.717, 1.165) is 25.9 Å². The van der Waals surface area contributed by atoms with Gasteiger partial charge in [-0.15, -0.1) is 0 Å². The highest BCUT2D eigenvalue weighted by Crippen LogP contribution is 2.30. The maximum atomic E-state index is 12.0. The molecule has 5 heteroatoms. The molecule has 0 radical (unpaired) electrons. The molecule has 2 aliphatic rings. The minimum absolute atomic E-state index is 0.0354. The monoisotopic (exact) mass is 226 g/mol. The van der Waals surface area contributed by atoms with Crippen LogP contribution < -0.4 is 5.32 Å². The van der Waals surface area contributed by atoms with E-state index in [1.807, 2.05) is 4.90 Å². The first-order chi connectivity index (χ1) is 7.66. The van der Waals surface area contributed by atoms with Crippen molar-refractivity contribution < 1.29 is 14.7 Å². The third-order valence-electron chi connectivity index (χ3n) is 3.25. The van der Waals surface area contributed by atoms with Gasteiger partial charge in [0.25, 0.3) is 0 Å². The van der Waals surface area contributed by atoms with E-state index in [1.54, 1.807) is 0 Å². The first kappa shape index (κ1) is 11.2. The summed E-state index contributed by atoms with van der Waals surface area (Å²) in [6.45, 7) is 1.60. The molecule has 5 nitrogen and oxygen atoms in total. The lowest BCUT2D eigenvalue weighted by molar-refractivity contribution is -0.133. The summed E-state index contributed by atoms with van der Waals surface area (Å²) in [6, 6.07) is -0.529. The number of hydrogen-bond donors (Lipinski definition) is 2. The molecule has 1 heterocycles. The summed E-state index contributed by atoms with van der Waals surface area (Å²) in [7, 11) is 0. The summed E-state index contributed by atoms with van der Waals surface area (Å²) in [4.78, 5) is 24.5. The van der Waals surface area contributed by atoms with Crippen LogP contribution in [0.5, 0.6) is 0 Å². The van der Waals surface area contributed by atoms with Crippen LogP contribution in [0, 0.1) is 5.92 Å². The average Bonchev–Trinajstić information content (AvgIpc) is 3.02. The molecule has 2 N–H and O–H groups in total. The Bertz CT molecular complexity index is 289. The molecule has 0 aromatic carbocycles. The number of nitrogens with zero attached hydrogens (tertiary/aromatic N) is 1. The Hall–Kier alpha value is -1.26. The lowest BCUT2D eigenvalue weighted by Crippen LogP contribution is -2.47. The summed E-state index contributed by atoms with van der Waals surface area (Å²) in [5.41, 5.74) is 0. The predicted octanol–water partition coefficient (Wildman–Crippen LogP) is 1.05. The summed E-state index contributed by atoms with van der Waals surface area (Å²) in [5, 5.41) is 11.0. The molecule has 1 aliphatic heterocycles. The molecule has 2 rings (SSSR count). The maximum Gasteiger partial charge on any atom is 0.405 e. The van der Waals surface area contributed by atoms with Crippen molar-refractivity contribution in [3.05, 3.63) is 0 Å². The molecule has 0 spiro atoms. The lowest BCUT2D eigenvalue weighted by Gasteiger charge is -2.24. The van der Waals surface area contributed by atoms with Gasteiger partial charge in [-0.3, -0.25) is 4.79 Å². The van der Waals surface area contributed by atoms with Crippen LogP contribution in [0.3, 0.4) is 0 Å².